The molecule has 1 heterocycles. The van der Waals surface area contributed by atoms with Gasteiger partial charge in [-0.3, -0.25) is 14.7 Å². The van der Waals surface area contributed by atoms with Crippen LogP contribution in [0.3, 0.4) is 0 Å². The van der Waals surface area contributed by atoms with Gasteiger partial charge in [0.2, 0.25) is 0 Å². The lowest BCUT2D eigenvalue weighted by Crippen LogP contribution is -2.08. The smallest absolute Gasteiger partial charge is 0.280 e. The van der Waals surface area contributed by atoms with Gasteiger partial charge in [0.25, 0.3) is 5.69 Å². The number of methoxy groups -OCH3 is 1. The summed E-state index contributed by atoms with van der Waals surface area (Å²) in [6.45, 7) is -0.0687. The fourth-order valence-electron chi connectivity index (χ4n) is 3.21. The van der Waals surface area contributed by atoms with Gasteiger partial charge in [0, 0.05) is 16.8 Å². The van der Waals surface area contributed by atoms with E-state index in [1.54, 1.807) is 54.1 Å². The lowest BCUT2D eigenvalue weighted by molar-refractivity contribution is -0.384. The summed E-state index contributed by atoms with van der Waals surface area (Å²) in [4.78, 5) is 11.1. The van der Waals surface area contributed by atoms with Crippen molar-refractivity contribution < 1.29 is 14.4 Å². The second-order valence-electron chi connectivity index (χ2n) is 6.73. The maximum Gasteiger partial charge on any atom is 0.280 e. The second kappa shape index (κ2) is 9.66. The Hall–Kier alpha value is -3.33. The molecule has 168 valence electrons. The van der Waals surface area contributed by atoms with Gasteiger partial charge in [-0.25, -0.2) is 0 Å². The Labute approximate surface area is 203 Å². The molecule has 0 atom stereocenters. The number of hydrogen-bond acceptors (Lipinski definition) is 6. The zero-order valence-corrected chi connectivity index (χ0v) is 19.3. The highest BCUT2D eigenvalue weighted by atomic mass is 35.5. The van der Waals surface area contributed by atoms with Crippen molar-refractivity contribution >= 4 is 40.5 Å². The minimum atomic E-state index is -0.466. The molecule has 4 aromatic rings. The van der Waals surface area contributed by atoms with Crippen molar-refractivity contribution in [3.63, 3.8) is 0 Å². The predicted octanol–water partition coefficient (Wildman–Crippen LogP) is 6.39. The summed E-state index contributed by atoms with van der Waals surface area (Å²) in [5.41, 5.74) is 0.858. The fraction of sp³-hybridized carbons (Fsp3) is 0.0909. The quantitative estimate of drug-likeness (QED) is 0.213. The van der Waals surface area contributed by atoms with Gasteiger partial charge in [0.05, 0.1) is 27.6 Å². The average molecular weight is 506 g/mol. The molecule has 0 N–H and O–H groups in total. The van der Waals surface area contributed by atoms with Crippen LogP contribution in [-0.4, -0.2) is 26.8 Å². The first-order valence-electron chi connectivity index (χ1n) is 9.49. The first-order chi connectivity index (χ1) is 15.9. The summed E-state index contributed by atoms with van der Waals surface area (Å²) in [5, 5.41) is 20.9. The molecule has 0 bridgehead atoms. The van der Waals surface area contributed by atoms with Crippen LogP contribution in [0.15, 0.2) is 60.7 Å². The number of nitro groups is 1. The molecule has 1 aromatic heterocycles. The van der Waals surface area contributed by atoms with Gasteiger partial charge in [0.1, 0.15) is 12.4 Å². The standard InChI is InChI=1S/C22H15Cl3N4O4/c1-32-15-8-6-14(7-9-15)28-20(12-33-21-17(24)10-13(23)11-18(21)25)26-27-22(28)16-4-2-3-5-19(16)29(30)31/h2-11H,12H2,1H3. The summed E-state index contributed by atoms with van der Waals surface area (Å²) in [5.74, 6) is 1.53. The lowest BCUT2D eigenvalue weighted by Gasteiger charge is -2.13. The maximum atomic E-state index is 11.6. The van der Waals surface area contributed by atoms with E-state index in [4.69, 9.17) is 44.3 Å². The third kappa shape index (κ3) is 4.73. The minimum absolute atomic E-state index is 0.0687. The number of rotatable bonds is 7. The molecule has 0 saturated heterocycles. The zero-order valence-electron chi connectivity index (χ0n) is 17.0. The van der Waals surface area contributed by atoms with E-state index in [1.807, 2.05) is 0 Å². The third-order valence-electron chi connectivity index (χ3n) is 4.71. The molecule has 0 radical (unpaired) electrons. The summed E-state index contributed by atoms with van der Waals surface area (Å²) in [7, 11) is 1.56. The van der Waals surface area contributed by atoms with Crippen LogP contribution in [0.2, 0.25) is 15.1 Å². The molecule has 0 aliphatic rings. The van der Waals surface area contributed by atoms with Gasteiger partial charge < -0.3 is 9.47 Å². The van der Waals surface area contributed by atoms with E-state index < -0.39 is 4.92 Å². The van der Waals surface area contributed by atoms with Crippen LogP contribution in [0.5, 0.6) is 11.5 Å². The Morgan fingerprint density at radius 3 is 2.30 bits per heavy atom. The van der Waals surface area contributed by atoms with Crippen LogP contribution in [0.4, 0.5) is 5.69 Å². The normalized spacial score (nSPS) is 10.8. The highest BCUT2D eigenvalue weighted by Gasteiger charge is 2.23. The number of aromatic nitrogens is 3. The topological polar surface area (TPSA) is 92.3 Å². The van der Waals surface area contributed by atoms with Crippen LogP contribution >= 0.6 is 34.8 Å². The lowest BCUT2D eigenvalue weighted by atomic mass is 10.1. The van der Waals surface area contributed by atoms with Gasteiger partial charge >= 0.3 is 0 Å². The van der Waals surface area contributed by atoms with Crippen molar-refractivity contribution in [3.05, 3.63) is 91.7 Å². The summed E-state index contributed by atoms with van der Waals surface area (Å²) in [6, 6.07) is 16.4. The number of hydrogen-bond donors (Lipinski definition) is 0. The van der Waals surface area contributed by atoms with Crippen molar-refractivity contribution in [1.82, 2.24) is 14.8 Å². The monoisotopic (exact) mass is 504 g/mol. The molecule has 0 aliphatic carbocycles. The average Bonchev–Trinajstić information content (AvgIpc) is 3.22. The van der Waals surface area contributed by atoms with Crippen LogP contribution in [0, 0.1) is 10.1 Å². The van der Waals surface area contributed by atoms with Gasteiger partial charge in [-0.05, 0) is 42.5 Å². The molecule has 33 heavy (non-hydrogen) atoms. The first-order valence-corrected chi connectivity index (χ1v) is 10.6. The molecule has 0 amide bonds. The van der Waals surface area contributed by atoms with Crippen molar-refractivity contribution in [3.8, 4) is 28.6 Å². The van der Waals surface area contributed by atoms with Crippen molar-refractivity contribution in [1.29, 1.82) is 0 Å². The fourth-order valence-corrected chi connectivity index (χ4v) is 4.14. The Morgan fingerprint density at radius 2 is 1.67 bits per heavy atom. The number of benzene rings is 3. The summed E-state index contributed by atoms with van der Waals surface area (Å²) < 4.78 is 12.7. The number of para-hydroxylation sites is 1. The van der Waals surface area contributed by atoms with E-state index in [-0.39, 0.29) is 33.9 Å². The molecule has 11 heteroatoms. The van der Waals surface area contributed by atoms with E-state index in [1.165, 1.54) is 18.2 Å². The molecular formula is C22H15Cl3N4O4. The van der Waals surface area contributed by atoms with E-state index in [0.717, 1.165) is 0 Å². The van der Waals surface area contributed by atoms with Gasteiger partial charge in [-0.2, -0.15) is 0 Å². The Kier molecular flexibility index (Phi) is 6.69. The van der Waals surface area contributed by atoms with E-state index in [2.05, 4.69) is 10.2 Å². The highest BCUT2D eigenvalue weighted by molar-refractivity contribution is 6.40. The van der Waals surface area contributed by atoms with Gasteiger partial charge in [-0.1, -0.05) is 46.9 Å². The molecule has 0 spiro atoms. The van der Waals surface area contributed by atoms with Crippen molar-refractivity contribution in [2.24, 2.45) is 0 Å². The number of nitrogens with zero attached hydrogens (tertiary/aromatic N) is 4. The maximum absolute atomic E-state index is 11.6. The summed E-state index contributed by atoms with van der Waals surface area (Å²) in [6.07, 6.45) is 0. The number of halogens is 3. The first kappa shape index (κ1) is 22.8. The number of ether oxygens (including phenoxy) is 2. The number of nitro benzene ring substituents is 1. The summed E-state index contributed by atoms with van der Waals surface area (Å²) >= 11 is 18.4. The molecule has 0 saturated carbocycles. The van der Waals surface area contributed by atoms with Gasteiger partial charge in [0.15, 0.2) is 17.4 Å². The van der Waals surface area contributed by atoms with Gasteiger partial charge in [-0.15, -0.1) is 10.2 Å². The van der Waals surface area contributed by atoms with Crippen LogP contribution < -0.4 is 9.47 Å². The molecule has 8 nitrogen and oxygen atoms in total. The Bertz CT molecular complexity index is 1300. The molecule has 3 aromatic carbocycles. The van der Waals surface area contributed by atoms with Crippen LogP contribution in [0.1, 0.15) is 5.82 Å². The Balaban J connectivity index is 1.81. The Morgan fingerprint density at radius 1 is 1.00 bits per heavy atom. The van der Waals surface area contributed by atoms with Crippen molar-refractivity contribution in [2.45, 2.75) is 6.61 Å². The van der Waals surface area contributed by atoms with Crippen molar-refractivity contribution in [2.75, 3.05) is 7.11 Å². The molecular weight excluding hydrogens is 491 g/mol. The third-order valence-corrected chi connectivity index (χ3v) is 5.49. The van der Waals surface area contributed by atoms with Crippen LogP contribution in [0.25, 0.3) is 17.1 Å². The second-order valence-corrected chi connectivity index (χ2v) is 7.99. The predicted molar refractivity (Wildman–Crippen MR) is 126 cm³/mol. The molecule has 0 aliphatic heterocycles. The van der Waals surface area contributed by atoms with E-state index in [9.17, 15) is 10.1 Å². The molecule has 0 fully saturated rings. The van der Waals surface area contributed by atoms with E-state index >= 15 is 0 Å². The SMILES string of the molecule is COc1ccc(-n2c(COc3c(Cl)cc(Cl)cc3Cl)nnc2-c2ccccc2[N+](=O)[O-])cc1. The molecule has 0 unspecified atom stereocenters. The zero-order chi connectivity index (χ0) is 23.5. The largest absolute Gasteiger partial charge is 0.497 e. The van der Waals surface area contributed by atoms with E-state index in [0.29, 0.717) is 27.8 Å². The minimum Gasteiger partial charge on any atom is -0.497 e. The van der Waals surface area contributed by atoms with Crippen LogP contribution in [-0.2, 0) is 6.61 Å². The molecule has 4 rings (SSSR count). The highest BCUT2D eigenvalue weighted by Crippen LogP contribution is 2.37.